The molecule has 2 aromatic rings. The second-order valence-corrected chi connectivity index (χ2v) is 5.01. The summed E-state index contributed by atoms with van der Waals surface area (Å²) in [6, 6.07) is 16.6. The van der Waals surface area contributed by atoms with Crippen molar-refractivity contribution in [3.05, 3.63) is 70.7 Å². The van der Waals surface area contributed by atoms with Crippen LogP contribution in [0.2, 0.25) is 5.02 Å². The minimum absolute atomic E-state index is 0.172. The molecule has 0 aromatic heterocycles. The lowest BCUT2D eigenvalue weighted by Crippen LogP contribution is -2.41. The maximum absolute atomic E-state index is 12.0. The maximum atomic E-state index is 12.0. The summed E-state index contributed by atoms with van der Waals surface area (Å²) in [5, 5.41) is 3.45. The zero-order valence-electron chi connectivity index (χ0n) is 11.1. The van der Waals surface area contributed by atoms with Crippen LogP contribution in [0.25, 0.3) is 0 Å². The van der Waals surface area contributed by atoms with E-state index in [1.807, 2.05) is 48.5 Å². The third kappa shape index (κ3) is 4.08. The van der Waals surface area contributed by atoms with E-state index in [1.165, 1.54) is 0 Å². The summed E-state index contributed by atoms with van der Waals surface area (Å²) in [5.74, 6) is -0.172. The van der Waals surface area contributed by atoms with E-state index in [-0.39, 0.29) is 5.91 Å². The fraction of sp³-hybridized carbons (Fsp3) is 0.188. The van der Waals surface area contributed by atoms with Crippen LogP contribution in [-0.2, 0) is 17.8 Å². The minimum atomic E-state index is -0.556. The third-order valence-corrected chi connectivity index (χ3v) is 3.41. The first-order valence-corrected chi connectivity index (χ1v) is 6.85. The van der Waals surface area contributed by atoms with Crippen molar-refractivity contribution in [3.8, 4) is 0 Å². The van der Waals surface area contributed by atoms with Crippen molar-refractivity contribution in [2.24, 2.45) is 5.73 Å². The van der Waals surface area contributed by atoms with Gasteiger partial charge < -0.3 is 11.1 Å². The zero-order valence-corrected chi connectivity index (χ0v) is 11.8. The molecule has 1 unspecified atom stereocenters. The molecular formula is C16H17ClN2O. The van der Waals surface area contributed by atoms with Crippen molar-refractivity contribution in [1.29, 1.82) is 0 Å². The van der Waals surface area contributed by atoms with Gasteiger partial charge in [0.1, 0.15) is 0 Å². The van der Waals surface area contributed by atoms with E-state index in [9.17, 15) is 4.79 Å². The van der Waals surface area contributed by atoms with Crippen molar-refractivity contribution in [1.82, 2.24) is 5.32 Å². The molecule has 0 radical (unpaired) electrons. The lowest BCUT2D eigenvalue weighted by Gasteiger charge is -2.13. The number of hydrogen-bond donors (Lipinski definition) is 2. The maximum Gasteiger partial charge on any atom is 0.237 e. The van der Waals surface area contributed by atoms with Crippen LogP contribution < -0.4 is 11.1 Å². The van der Waals surface area contributed by atoms with Crippen LogP contribution in [0.4, 0.5) is 0 Å². The van der Waals surface area contributed by atoms with Crippen molar-refractivity contribution in [2.45, 2.75) is 19.0 Å². The Hall–Kier alpha value is -1.84. The van der Waals surface area contributed by atoms with Gasteiger partial charge in [0.25, 0.3) is 0 Å². The van der Waals surface area contributed by atoms with Gasteiger partial charge in [-0.1, -0.05) is 60.1 Å². The fourth-order valence-electron chi connectivity index (χ4n) is 1.92. The molecule has 0 aliphatic carbocycles. The number of nitrogens with two attached hydrogens (primary N) is 1. The summed E-state index contributed by atoms with van der Waals surface area (Å²) in [4.78, 5) is 12.0. The van der Waals surface area contributed by atoms with Gasteiger partial charge in [0.15, 0.2) is 0 Å². The fourth-order valence-corrected chi connectivity index (χ4v) is 2.12. The Morgan fingerprint density at radius 3 is 2.45 bits per heavy atom. The molecule has 4 heteroatoms. The highest BCUT2D eigenvalue weighted by atomic mass is 35.5. The molecule has 0 heterocycles. The average Bonchev–Trinajstić information content (AvgIpc) is 2.47. The van der Waals surface area contributed by atoms with Gasteiger partial charge in [-0.2, -0.15) is 0 Å². The largest absolute Gasteiger partial charge is 0.351 e. The quantitative estimate of drug-likeness (QED) is 0.888. The Morgan fingerprint density at radius 2 is 1.75 bits per heavy atom. The van der Waals surface area contributed by atoms with Crippen molar-refractivity contribution >= 4 is 17.5 Å². The summed E-state index contributed by atoms with van der Waals surface area (Å²) in [6.45, 7) is 0.390. The predicted octanol–water partition coefficient (Wildman–Crippen LogP) is 2.53. The number of benzene rings is 2. The number of nitrogens with one attached hydrogen (secondary N) is 1. The van der Waals surface area contributed by atoms with E-state index in [0.717, 1.165) is 11.1 Å². The number of carbonyl (C=O) groups excluding carboxylic acids is 1. The van der Waals surface area contributed by atoms with Crippen molar-refractivity contribution in [3.63, 3.8) is 0 Å². The highest BCUT2D eigenvalue weighted by Gasteiger charge is 2.13. The standard InChI is InChI=1S/C16H17ClN2O/c17-14-9-5-4-8-13(14)11-19-16(20)15(18)10-12-6-2-1-3-7-12/h1-9,15H,10-11,18H2,(H,19,20). The molecule has 1 atom stereocenters. The Kier molecular flexibility index (Phi) is 5.16. The third-order valence-electron chi connectivity index (χ3n) is 3.05. The second kappa shape index (κ2) is 7.08. The van der Waals surface area contributed by atoms with Crippen molar-refractivity contribution < 1.29 is 4.79 Å². The van der Waals surface area contributed by atoms with Crippen LogP contribution in [0.15, 0.2) is 54.6 Å². The molecule has 0 aliphatic rings. The van der Waals surface area contributed by atoms with Gasteiger partial charge in [0, 0.05) is 11.6 Å². The van der Waals surface area contributed by atoms with Gasteiger partial charge in [-0.25, -0.2) is 0 Å². The molecule has 0 fully saturated rings. The van der Waals surface area contributed by atoms with E-state index in [0.29, 0.717) is 18.0 Å². The van der Waals surface area contributed by atoms with Crippen LogP contribution in [0.1, 0.15) is 11.1 Å². The number of amides is 1. The minimum Gasteiger partial charge on any atom is -0.351 e. The molecule has 0 saturated heterocycles. The van der Waals surface area contributed by atoms with Crippen LogP contribution in [-0.4, -0.2) is 11.9 Å². The Balaban J connectivity index is 1.87. The summed E-state index contributed by atoms with van der Waals surface area (Å²) >= 11 is 6.03. The van der Waals surface area contributed by atoms with Crippen LogP contribution in [0.5, 0.6) is 0 Å². The molecule has 2 aromatic carbocycles. The van der Waals surface area contributed by atoms with Crippen LogP contribution in [0.3, 0.4) is 0 Å². The first-order chi connectivity index (χ1) is 9.66. The van der Waals surface area contributed by atoms with Gasteiger partial charge >= 0.3 is 0 Å². The van der Waals surface area contributed by atoms with E-state index in [2.05, 4.69) is 5.32 Å². The predicted molar refractivity (Wildman–Crippen MR) is 81.4 cm³/mol. The number of carbonyl (C=O) groups is 1. The molecule has 3 N–H and O–H groups in total. The summed E-state index contributed by atoms with van der Waals surface area (Å²) in [7, 11) is 0. The normalized spacial score (nSPS) is 11.9. The second-order valence-electron chi connectivity index (χ2n) is 4.61. The molecule has 3 nitrogen and oxygen atoms in total. The molecule has 20 heavy (non-hydrogen) atoms. The summed E-state index contributed by atoms with van der Waals surface area (Å²) < 4.78 is 0. The Labute approximate surface area is 123 Å². The zero-order chi connectivity index (χ0) is 14.4. The lowest BCUT2D eigenvalue weighted by atomic mass is 10.1. The topological polar surface area (TPSA) is 55.1 Å². The van der Waals surface area contributed by atoms with Gasteiger partial charge in [0.05, 0.1) is 6.04 Å². The Morgan fingerprint density at radius 1 is 1.10 bits per heavy atom. The lowest BCUT2D eigenvalue weighted by molar-refractivity contribution is -0.122. The van der Waals surface area contributed by atoms with Crippen molar-refractivity contribution in [2.75, 3.05) is 0 Å². The van der Waals surface area contributed by atoms with Gasteiger partial charge in [-0.3, -0.25) is 4.79 Å². The SMILES string of the molecule is NC(Cc1ccccc1)C(=O)NCc1ccccc1Cl. The first kappa shape index (κ1) is 14.6. The Bertz CT molecular complexity index is 572. The summed E-state index contributed by atoms with van der Waals surface area (Å²) in [6.07, 6.45) is 0.523. The van der Waals surface area contributed by atoms with Gasteiger partial charge in [-0.05, 0) is 23.6 Å². The number of halogens is 1. The smallest absolute Gasteiger partial charge is 0.237 e. The van der Waals surface area contributed by atoms with Gasteiger partial charge in [0.2, 0.25) is 5.91 Å². The van der Waals surface area contributed by atoms with E-state index in [4.69, 9.17) is 17.3 Å². The van der Waals surface area contributed by atoms with E-state index < -0.39 is 6.04 Å². The molecule has 0 saturated carbocycles. The molecule has 2 rings (SSSR count). The molecule has 0 bridgehead atoms. The van der Waals surface area contributed by atoms with Gasteiger partial charge in [-0.15, -0.1) is 0 Å². The number of hydrogen-bond acceptors (Lipinski definition) is 2. The molecule has 0 aliphatic heterocycles. The van der Waals surface area contributed by atoms with E-state index in [1.54, 1.807) is 6.07 Å². The molecule has 1 amide bonds. The first-order valence-electron chi connectivity index (χ1n) is 6.47. The average molecular weight is 289 g/mol. The van der Waals surface area contributed by atoms with Crippen LogP contribution in [0, 0.1) is 0 Å². The monoisotopic (exact) mass is 288 g/mol. The highest BCUT2D eigenvalue weighted by Crippen LogP contribution is 2.14. The van der Waals surface area contributed by atoms with Crippen LogP contribution >= 0.6 is 11.6 Å². The van der Waals surface area contributed by atoms with E-state index >= 15 is 0 Å². The molecular weight excluding hydrogens is 272 g/mol. The molecule has 0 spiro atoms. The molecule has 104 valence electrons. The summed E-state index contributed by atoms with van der Waals surface area (Å²) in [5.41, 5.74) is 7.84. The number of rotatable bonds is 5. The highest BCUT2D eigenvalue weighted by molar-refractivity contribution is 6.31.